The molecular weight excluding hydrogens is 282 g/mol. The number of nitrogens with zero attached hydrogens (tertiary/aromatic N) is 1. The second-order valence-electron chi connectivity index (χ2n) is 3.23. The maximum absolute atomic E-state index is 3.42. The summed E-state index contributed by atoms with van der Waals surface area (Å²) in [6, 6.07) is 0. The highest BCUT2D eigenvalue weighted by Crippen LogP contribution is 2.15. The zero-order chi connectivity index (χ0) is 9.98. The van der Waals surface area contributed by atoms with Crippen molar-refractivity contribution in [3.63, 3.8) is 0 Å². The Balaban J connectivity index is 0. The van der Waals surface area contributed by atoms with Crippen molar-refractivity contribution in [2.75, 3.05) is 21.1 Å². The van der Waals surface area contributed by atoms with Gasteiger partial charge < -0.3 is 4.90 Å². The zero-order valence-corrected chi connectivity index (χ0v) is 11.8. The quantitative estimate of drug-likeness (QED) is 0.563. The van der Waals surface area contributed by atoms with Gasteiger partial charge in [-0.15, -0.1) is 0 Å². The van der Waals surface area contributed by atoms with Gasteiger partial charge in [-0.25, -0.2) is 0 Å². The van der Waals surface area contributed by atoms with Gasteiger partial charge in [-0.1, -0.05) is 58.0 Å². The molecule has 0 aromatic rings. The van der Waals surface area contributed by atoms with E-state index in [-0.39, 0.29) is 0 Å². The highest BCUT2D eigenvalue weighted by molar-refractivity contribution is 9.24. The van der Waals surface area contributed by atoms with Gasteiger partial charge in [0.1, 0.15) is 0 Å². The molecule has 0 aliphatic carbocycles. The summed E-state index contributed by atoms with van der Waals surface area (Å²) in [7, 11) is 6.00. The van der Waals surface area contributed by atoms with Gasteiger partial charge in [0, 0.05) is 0 Å². The number of alkyl halides is 2. The van der Waals surface area contributed by atoms with Crippen molar-refractivity contribution in [1.29, 1.82) is 0 Å². The third-order valence-corrected chi connectivity index (χ3v) is 1.94. The van der Waals surface area contributed by atoms with E-state index in [4.69, 9.17) is 0 Å². The van der Waals surface area contributed by atoms with E-state index in [0.717, 1.165) is 0 Å². The fourth-order valence-corrected chi connectivity index (χ4v) is 1.20. The number of unbranched alkanes of at least 4 members (excludes halogenated alkanes) is 2. The number of hydrogen-bond acceptors (Lipinski definition) is 1. The lowest BCUT2D eigenvalue weighted by Gasteiger charge is -1.97. The van der Waals surface area contributed by atoms with Crippen LogP contribution in [-0.2, 0) is 0 Å². The summed E-state index contributed by atoms with van der Waals surface area (Å²) in [5, 5.41) is 0. The number of halogens is 2. The lowest BCUT2D eigenvalue weighted by Crippen LogP contribution is -1.99. The fraction of sp³-hybridized carbons (Fsp3) is 1.00. The molecule has 0 aliphatic heterocycles. The molecule has 0 aromatic carbocycles. The monoisotopic (exact) mass is 301 g/mol. The van der Waals surface area contributed by atoms with Gasteiger partial charge in [0.25, 0.3) is 0 Å². The lowest BCUT2D eigenvalue weighted by atomic mass is 10.2. The Kier molecular flexibility index (Phi) is 15.3. The van der Waals surface area contributed by atoms with Gasteiger partial charge in [-0.05, 0) is 27.6 Å². The van der Waals surface area contributed by atoms with Gasteiger partial charge in [-0.2, -0.15) is 0 Å². The van der Waals surface area contributed by atoms with Crippen LogP contribution in [0.1, 0.15) is 32.6 Å². The summed E-state index contributed by atoms with van der Waals surface area (Å²) in [6.45, 7) is 2.22. The first-order valence-electron chi connectivity index (χ1n) is 4.39. The highest BCUT2D eigenvalue weighted by atomic mass is 79.9. The summed E-state index contributed by atoms with van der Waals surface area (Å²) in [6.07, 6.45) is 5.24. The van der Waals surface area contributed by atoms with Crippen LogP contribution in [0, 0.1) is 0 Å². The molecule has 0 atom stereocenters. The Bertz CT molecular complexity index is 72.2. The molecule has 0 aliphatic rings. The van der Waals surface area contributed by atoms with Crippen LogP contribution in [0.25, 0.3) is 0 Å². The van der Waals surface area contributed by atoms with E-state index < -0.39 is 0 Å². The second-order valence-corrected chi connectivity index (χ2v) is 6.67. The molecule has 76 valence electrons. The predicted molar refractivity (Wildman–Crippen MR) is 65.4 cm³/mol. The molecule has 12 heavy (non-hydrogen) atoms. The average Bonchev–Trinajstić information content (AvgIpc) is 1.86. The van der Waals surface area contributed by atoms with E-state index in [1.54, 1.807) is 0 Å². The third kappa shape index (κ3) is 30.7. The fourth-order valence-electron chi connectivity index (χ4n) is 0.549. The van der Waals surface area contributed by atoms with E-state index in [1.165, 1.54) is 25.7 Å². The Morgan fingerprint density at radius 3 is 1.75 bits per heavy atom. The van der Waals surface area contributed by atoms with E-state index >= 15 is 0 Å². The maximum Gasteiger partial charge on any atom is 0.0697 e. The first-order chi connectivity index (χ1) is 5.50. The average molecular weight is 303 g/mol. The van der Waals surface area contributed by atoms with Gasteiger partial charge in [0.05, 0.1) is 3.74 Å². The van der Waals surface area contributed by atoms with Crippen LogP contribution in [-0.4, -0.2) is 29.8 Å². The molecule has 1 nitrogen and oxygen atoms in total. The molecule has 0 spiro atoms. The molecule has 0 heterocycles. The van der Waals surface area contributed by atoms with Gasteiger partial charge in [0.2, 0.25) is 0 Å². The van der Waals surface area contributed by atoms with Crippen LogP contribution < -0.4 is 0 Å². The first-order valence-corrected chi connectivity index (χ1v) is 6.22. The normalized spacial score (nSPS) is 10.0. The maximum atomic E-state index is 3.42. The van der Waals surface area contributed by atoms with Crippen LogP contribution in [0.4, 0.5) is 0 Å². The summed E-state index contributed by atoms with van der Waals surface area (Å²) < 4.78 is 0.529. The molecule has 0 unspecified atom stereocenters. The van der Waals surface area contributed by atoms with Crippen molar-refractivity contribution < 1.29 is 0 Å². The Morgan fingerprint density at radius 2 is 1.50 bits per heavy atom. The summed E-state index contributed by atoms with van der Waals surface area (Å²) in [4.78, 5) is 2.00. The SMILES string of the molecule is CCCCCC(Br)Br.CN(C)C. The summed E-state index contributed by atoms with van der Waals surface area (Å²) >= 11 is 6.84. The molecule has 3 heteroatoms. The van der Waals surface area contributed by atoms with Gasteiger partial charge in [-0.3, -0.25) is 0 Å². The minimum atomic E-state index is 0.529. The minimum absolute atomic E-state index is 0.529. The van der Waals surface area contributed by atoms with E-state index in [1.807, 2.05) is 26.0 Å². The third-order valence-electron chi connectivity index (χ3n) is 1.03. The smallest absolute Gasteiger partial charge is 0.0697 e. The molecular formula is C9H21Br2N. The van der Waals surface area contributed by atoms with Crippen LogP contribution in [0.15, 0.2) is 0 Å². The summed E-state index contributed by atoms with van der Waals surface area (Å²) in [5.74, 6) is 0. The molecule has 0 saturated heterocycles. The van der Waals surface area contributed by atoms with E-state index in [0.29, 0.717) is 3.74 Å². The van der Waals surface area contributed by atoms with Gasteiger partial charge in [0.15, 0.2) is 0 Å². The summed E-state index contributed by atoms with van der Waals surface area (Å²) in [5.41, 5.74) is 0. The van der Waals surface area contributed by atoms with E-state index in [9.17, 15) is 0 Å². The minimum Gasteiger partial charge on any atom is -0.312 e. The Hall–Kier alpha value is 0.920. The topological polar surface area (TPSA) is 3.24 Å². The molecule has 0 N–H and O–H groups in total. The van der Waals surface area contributed by atoms with E-state index in [2.05, 4.69) is 38.8 Å². The second kappa shape index (κ2) is 11.9. The van der Waals surface area contributed by atoms with Crippen molar-refractivity contribution in [3.8, 4) is 0 Å². The van der Waals surface area contributed by atoms with Crippen molar-refractivity contribution >= 4 is 31.9 Å². The highest BCUT2D eigenvalue weighted by Gasteiger charge is 1.94. The molecule has 0 bridgehead atoms. The molecule has 0 fully saturated rings. The van der Waals surface area contributed by atoms with Crippen molar-refractivity contribution in [2.45, 2.75) is 36.3 Å². The standard InChI is InChI=1S/C6H12Br2.C3H9N/c1-2-3-4-5-6(7)8;1-4(2)3/h6H,2-5H2,1H3;1-3H3. The zero-order valence-electron chi connectivity index (χ0n) is 8.61. The molecule has 0 aromatic heterocycles. The van der Waals surface area contributed by atoms with Crippen molar-refractivity contribution in [3.05, 3.63) is 0 Å². The Morgan fingerprint density at radius 1 is 1.08 bits per heavy atom. The van der Waals surface area contributed by atoms with Crippen LogP contribution in [0.5, 0.6) is 0 Å². The number of hydrogen-bond donors (Lipinski definition) is 0. The van der Waals surface area contributed by atoms with Crippen LogP contribution >= 0.6 is 31.9 Å². The van der Waals surface area contributed by atoms with Crippen LogP contribution in [0.2, 0.25) is 0 Å². The molecule has 0 rings (SSSR count). The Labute approximate surface area is 94.2 Å². The van der Waals surface area contributed by atoms with Crippen molar-refractivity contribution in [1.82, 2.24) is 4.90 Å². The predicted octanol–water partition coefficient (Wildman–Crippen LogP) is 3.86. The largest absolute Gasteiger partial charge is 0.312 e. The van der Waals surface area contributed by atoms with Crippen LogP contribution in [0.3, 0.4) is 0 Å². The first kappa shape index (κ1) is 15.4. The van der Waals surface area contributed by atoms with Crippen molar-refractivity contribution in [2.24, 2.45) is 0 Å². The molecule has 0 radical (unpaired) electrons. The molecule has 0 saturated carbocycles. The van der Waals surface area contributed by atoms with Gasteiger partial charge >= 0.3 is 0 Å². The molecule has 0 amide bonds. The number of rotatable bonds is 4. The lowest BCUT2D eigenvalue weighted by molar-refractivity contribution is 0.505.